The summed E-state index contributed by atoms with van der Waals surface area (Å²) in [7, 11) is 0. The molecule has 0 aliphatic heterocycles. The predicted octanol–water partition coefficient (Wildman–Crippen LogP) is 4.22. The van der Waals surface area contributed by atoms with Crippen molar-refractivity contribution in [2.45, 2.75) is 13.8 Å². The molecular formula is C16H11BrO3. The molecule has 3 aromatic rings. The molecule has 3 rings (SSSR count). The third-order valence-electron chi connectivity index (χ3n) is 3.26. The number of rotatable bonds is 1. The van der Waals surface area contributed by atoms with Gasteiger partial charge >= 0.3 is 0 Å². The maximum atomic E-state index is 12.5. The van der Waals surface area contributed by atoms with Crippen LogP contribution in [0, 0.1) is 6.92 Å². The Hall–Kier alpha value is -1.94. The van der Waals surface area contributed by atoms with E-state index >= 15 is 0 Å². The topological polar surface area (TPSA) is 47.3 Å². The molecule has 4 heteroatoms. The highest BCUT2D eigenvalue weighted by Crippen LogP contribution is 2.25. The van der Waals surface area contributed by atoms with Gasteiger partial charge in [-0.05, 0) is 49.7 Å². The van der Waals surface area contributed by atoms with Crippen LogP contribution in [0.3, 0.4) is 0 Å². The minimum Gasteiger partial charge on any atom is -0.455 e. The summed E-state index contributed by atoms with van der Waals surface area (Å²) < 4.78 is 6.63. The standard InChI is InChI=1S/C16H11BrO3/c1-8-5-12(9(2)18)16-13(6-8)15(19)11-4-3-10(17)7-14(11)20-16/h3-7H,1-2H3. The van der Waals surface area contributed by atoms with Crippen LogP contribution in [-0.4, -0.2) is 5.78 Å². The Kier molecular flexibility index (Phi) is 2.98. The number of carbonyl (C=O) groups is 1. The number of fused-ring (bicyclic) bond motifs is 2. The minimum absolute atomic E-state index is 0.111. The highest BCUT2D eigenvalue weighted by atomic mass is 79.9. The molecule has 0 fully saturated rings. The Labute approximate surface area is 123 Å². The van der Waals surface area contributed by atoms with Crippen LogP contribution in [0.25, 0.3) is 21.9 Å². The van der Waals surface area contributed by atoms with Gasteiger partial charge in [-0.3, -0.25) is 9.59 Å². The lowest BCUT2D eigenvalue weighted by Gasteiger charge is -2.06. The van der Waals surface area contributed by atoms with Crippen LogP contribution in [0.5, 0.6) is 0 Å². The lowest BCUT2D eigenvalue weighted by molar-refractivity contribution is 0.101. The Morgan fingerprint density at radius 3 is 2.60 bits per heavy atom. The molecule has 0 unspecified atom stereocenters. The Bertz CT molecular complexity index is 922. The van der Waals surface area contributed by atoms with Gasteiger partial charge in [-0.15, -0.1) is 0 Å². The van der Waals surface area contributed by atoms with Crippen LogP contribution in [-0.2, 0) is 0 Å². The van der Waals surface area contributed by atoms with Crippen molar-refractivity contribution in [3.8, 4) is 0 Å². The van der Waals surface area contributed by atoms with Crippen molar-refractivity contribution in [2.75, 3.05) is 0 Å². The molecule has 0 aliphatic rings. The molecule has 2 aromatic carbocycles. The average Bonchev–Trinajstić information content (AvgIpc) is 2.38. The second-order valence-electron chi connectivity index (χ2n) is 4.82. The van der Waals surface area contributed by atoms with Crippen molar-refractivity contribution in [3.63, 3.8) is 0 Å². The molecule has 0 radical (unpaired) electrons. The summed E-state index contributed by atoms with van der Waals surface area (Å²) >= 11 is 3.35. The molecule has 0 bridgehead atoms. The van der Waals surface area contributed by atoms with Gasteiger partial charge in [0.2, 0.25) is 5.43 Å². The molecule has 0 saturated heterocycles. The lowest BCUT2D eigenvalue weighted by atomic mass is 10.0. The largest absolute Gasteiger partial charge is 0.455 e. The summed E-state index contributed by atoms with van der Waals surface area (Å²) in [6.07, 6.45) is 0. The first-order chi connectivity index (χ1) is 9.47. The summed E-state index contributed by atoms with van der Waals surface area (Å²) in [5, 5.41) is 0.964. The van der Waals surface area contributed by atoms with Gasteiger partial charge in [-0.25, -0.2) is 0 Å². The molecule has 0 spiro atoms. The lowest BCUT2D eigenvalue weighted by Crippen LogP contribution is -2.05. The number of hydrogen-bond acceptors (Lipinski definition) is 3. The fourth-order valence-electron chi connectivity index (χ4n) is 2.34. The van der Waals surface area contributed by atoms with Crippen molar-refractivity contribution in [3.05, 3.63) is 56.2 Å². The summed E-state index contributed by atoms with van der Waals surface area (Å²) in [4.78, 5) is 24.3. The van der Waals surface area contributed by atoms with Gasteiger partial charge in [0.05, 0.1) is 16.3 Å². The molecule has 3 nitrogen and oxygen atoms in total. The van der Waals surface area contributed by atoms with E-state index in [1.807, 2.05) is 6.92 Å². The van der Waals surface area contributed by atoms with Gasteiger partial charge in [-0.1, -0.05) is 15.9 Å². The van der Waals surface area contributed by atoms with Gasteiger partial charge in [0.1, 0.15) is 11.2 Å². The van der Waals surface area contributed by atoms with E-state index in [1.165, 1.54) is 6.92 Å². The maximum absolute atomic E-state index is 12.5. The Morgan fingerprint density at radius 2 is 1.90 bits per heavy atom. The van der Waals surface area contributed by atoms with Gasteiger partial charge in [0, 0.05) is 4.47 Å². The van der Waals surface area contributed by atoms with Crippen LogP contribution < -0.4 is 5.43 Å². The zero-order chi connectivity index (χ0) is 14.4. The summed E-state index contributed by atoms with van der Waals surface area (Å²) in [5.74, 6) is -0.115. The number of benzene rings is 2. The van der Waals surface area contributed by atoms with Crippen molar-refractivity contribution in [2.24, 2.45) is 0 Å². The monoisotopic (exact) mass is 330 g/mol. The number of Topliss-reactive ketones (excluding diaryl/α,β-unsaturated/α-hetero) is 1. The van der Waals surface area contributed by atoms with E-state index in [0.717, 1.165) is 10.0 Å². The number of aryl methyl sites for hydroxylation is 1. The van der Waals surface area contributed by atoms with Crippen molar-refractivity contribution >= 4 is 43.7 Å². The summed E-state index contributed by atoms with van der Waals surface area (Å²) in [5.41, 5.74) is 2.03. The zero-order valence-electron chi connectivity index (χ0n) is 11.0. The van der Waals surface area contributed by atoms with Gasteiger partial charge < -0.3 is 4.42 Å². The van der Waals surface area contributed by atoms with E-state index < -0.39 is 0 Å². The maximum Gasteiger partial charge on any atom is 0.200 e. The average molecular weight is 331 g/mol. The first kappa shape index (κ1) is 13.1. The van der Waals surface area contributed by atoms with E-state index in [1.54, 1.807) is 30.3 Å². The number of ketones is 1. The van der Waals surface area contributed by atoms with Gasteiger partial charge in [-0.2, -0.15) is 0 Å². The third kappa shape index (κ3) is 1.96. The highest BCUT2D eigenvalue weighted by Gasteiger charge is 2.14. The van der Waals surface area contributed by atoms with E-state index in [9.17, 15) is 9.59 Å². The van der Waals surface area contributed by atoms with Crippen LogP contribution in [0.15, 0.2) is 44.0 Å². The molecular weight excluding hydrogens is 320 g/mol. The zero-order valence-corrected chi connectivity index (χ0v) is 12.6. The molecule has 100 valence electrons. The van der Waals surface area contributed by atoms with Crippen molar-refractivity contribution in [1.82, 2.24) is 0 Å². The second-order valence-corrected chi connectivity index (χ2v) is 5.73. The molecule has 0 aliphatic carbocycles. The number of hydrogen-bond donors (Lipinski definition) is 0. The number of carbonyl (C=O) groups excluding carboxylic acids is 1. The van der Waals surface area contributed by atoms with Gasteiger partial charge in [0.25, 0.3) is 0 Å². The summed E-state index contributed by atoms with van der Waals surface area (Å²) in [6.45, 7) is 3.33. The fraction of sp³-hybridized carbons (Fsp3) is 0.125. The van der Waals surface area contributed by atoms with Crippen molar-refractivity contribution in [1.29, 1.82) is 0 Å². The number of halogens is 1. The molecule has 0 atom stereocenters. The molecule has 0 N–H and O–H groups in total. The van der Waals surface area contributed by atoms with Gasteiger partial charge in [0.15, 0.2) is 5.78 Å². The second kappa shape index (κ2) is 4.56. The van der Waals surface area contributed by atoms with Crippen molar-refractivity contribution < 1.29 is 9.21 Å². The van der Waals surface area contributed by atoms with Crippen LogP contribution in [0.1, 0.15) is 22.8 Å². The van der Waals surface area contributed by atoms with Crippen LogP contribution in [0.4, 0.5) is 0 Å². The van der Waals surface area contributed by atoms with E-state index in [-0.39, 0.29) is 11.2 Å². The van der Waals surface area contributed by atoms with E-state index in [0.29, 0.717) is 27.5 Å². The smallest absolute Gasteiger partial charge is 0.200 e. The molecule has 1 heterocycles. The van der Waals surface area contributed by atoms with Crippen LogP contribution in [0.2, 0.25) is 0 Å². The Morgan fingerprint density at radius 1 is 1.15 bits per heavy atom. The van der Waals surface area contributed by atoms with E-state index in [2.05, 4.69) is 15.9 Å². The fourth-order valence-corrected chi connectivity index (χ4v) is 2.68. The van der Waals surface area contributed by atoms with Crippen LogP contribution >= 0.6 is 15.9 Å². The molecule has 0 amide bonds. The first-order valence-corrected chi connectivity index (χ1v) is 6.94. The minimum atomic E-state index is -0.115. The molecule has 0 saturated carbocycles. The molecule has 1 aromatic heterocycles. The summed E-state index contributed by atoms with van der Waals surface area (Å²) in [6, 6.07) is 8.76. The normalized spacial score (nSPS) is 11.2. The molecule has 20 heavy (non-hydrogen) atoms. The predicted molar refractivity (Wildman–Crippen MR) is 82.4 cm³/mol. The first-order valence-electron chi connectivity index (χ1n) is 6.15. The Balaban J connectivity index is 2.59. The highest BCUT2D eigenvalue weighted by molar-refractivity contribution is 9.10. The quantitative estimate of drug-likeness (QED) is 0.495. The van der Waals surface area contributed by atoms with E-state index in [4.69, 9.17) is 4.42 Å². The SMILES string of the molecule is CC(=O)c1cc(C)cc2c(=O)c3ccc(Br)cc3oc12. The third-order valence-corrected chi connectivity index (χ3v) is 3.75.